The Morgan fingerprint density at radius 2 is 1.58 bits per heavy atom. The molecular weight excluding hydrogens is 252 g/mol. The Hall–Kier alpha value is -1.79. The lowest BCUT2D eigenvalue weighted by Gasteiger charge is -2.35. The van der Waals surface area contributed by atoms with Crippen molar-refractivity contribution in [2.75, 3.05) is 21.2 Å². The van der Waals surface area contributed by atoms with Crippen LogP contribution in [-0.4, -0.2) is 55.2 Å². The lowest BCUT2D eigenvalue weighted by atomic mass is 10.00. The van der Waals surface area contributed by atoms with Crippen LogP contribution in [0.1, 0.15) is 27.7 Å². The molecule has 19 heavy (non-hydrogen) atoms. The molecule has 0 spiro atoms. The molecule has 0 radical (unpaired) electrons. The van der Waals surface area contributed by atoms with E-state index >= 15 is 0 Å². The smallest absolute Gasteiger partial charge is 0.411 e. The van der Waals surface area contributed by atoms with E-state index in [0.29, 0.717) is 0 Å². The third kappa shape index (κ3) is 3.84. The second-order valence-electron chi connectivity index (χ2n) is 5.18. The highest BCUT2D eigenvalue weighted by Gasteiger charge is 2.49. The molecule has 110 valence electrons. The Morgan fingerprint density at radius 1 is 1.11 bits per heavy atom. The molecule has 1 N–H and O–H groups in total. The number of nitrogens with zero attached hydrogens (tertiary/aromatic N) is 1. The molecule has 0 aromatic rings. The fourth-order valence-corrected chi connectivity index (χ4v) is 1.34. The second kappa shape index (κ2) is 5.90. The SMILES string of the molecule is CNC(=O)C(C)(C(=O)OC)N(C)C(=O)OC(C)(C)C. The van der Waals surface area contributed by atoms with Crippen LogP contribution < -0.4 is 5.32 Å². The largest absolute Gasteiger partial charge is 0.467 e. The van der Waals surface area contributed by atoms with Gasteiger partial charge in [0.15, 0.2) is 0 Å². The van der Waals surface area contributed by atoms with Crippen LogP contribution in [-0.2, 0) is 19.1 Å². The first-order valence-corrected chi connectivity index (χ1v) is 5.78. The van der Waals surface area contributed by atoms with Crippen molar-refractivity contribution in [3.8, 4) is 0 Å². The molecule has 2 amide bonds. The summed E-state index contributed by atoms with van der Waals surface area (Å²) in [5.41, 5.74) is -2.52. The Kier molecular flexibility index (Phi) is 5.34. The Morgan fingerprint density at radius 3 is 1.89 bits per heavy atom. The van der Waals surface area contributed by atoms with E-state index < -0.39 is 29.1 Å². The predicted molar refractivity (Wildman–Crippen MR) is 68.5 cm³/mol. The molecule has 0 saturated heterocycles. The summed E-state index contributed by atoms with van der Waals surface area (Å²) in [5.74, 6) is -1.51. The topological polar surface area (TPSA) is 84.9 Å². The van der Waals surface area contributed by atoms with Gasteiger partial charge in [-0.2, -0.15) is 0 Å². The third-order valence-electron chi connectivity index (χ3n) is 2.59. The van der Waals surface area contributed by atoms with E-state index in [9.17, 15) is 14.4 Å². The average Bonchev–Trinajstić information content (AvgIpc) is 2.32. The van der Waals surface area contributed by atoms with Gasteiger partial charge in [-0.1, -0.05) is 0 Å². The van der Waals surface area contributed by atoms with Crippen LogP contribution in [0.25, 0.3) is 0 Å². The van der Waals surface area contributed by atoms with E-state index in [-0.39, 0.29) is 0 Å². The van der Waals surface area contributed by atoms with Crippen molar-refractivity contribution in [2.24, 2.45) is 0 Å². The quantitative estimate of drug-likeness (QED) is 0.599. The first-order valence-electron chi connectivity index (χ1n) is 5.78. The third-order valence-corrected chi connectivity index (χ3v) is 2.59. The van der Waals surface area contributed by atoms with Crippen LogP contribution in [0.3, 0.4) is 0 Å². The van der Waals surface area contributed by atoms with Crippen molar-refractivity contribution >= 4 is 18.0 Å². The minimum Gasteiger partial charge on any atom is -0.467 e. The molecule has 1 unspecified atom stereocenters. The number of likely N-dealkylation sites (N-methyl/N-ethyl adjacent to an activating group) is 2. The minimum absolute atomic E-state index is 0.660. The highest BCUT2D eigenvalue weighted by Crippen LogP contribution is 2.19. The van der Waals surface area contributed by atoms with Gasteiger partial charge in [-0.3, -0.25) is 9.69 Å². The van der Waals surface area contributed by atoms with Gasteiger partial charge in [0.2, 0.25) is 5.54 Å². The highest BCUT2D eigenvalue weighted by atomic mass is 16.6. The summed E-state index contributed by atoms with van der Waals surface area (Å²) in [6, 6.07) is 0. The van der Waals surface area contributed by atoms with Gasteiger partial charge in [0.1, 0.15) is 5.60 Å². The van der Waals surface area contributed by atoms with Crippen LogP contribution in [0.2, 0.25) is 0 Å². The molecule has 1 atom stereocenters. The van der Waals surface area contributed by atoms with Gasteiger partial charge < -0.3 is 14.8 Å². The molecule has 0 saturated carbocycles. The molecule has 0 aliphatic heterocycles. The van der Waals surface area contributed by atoms with Crippen molar-refractivity contribution in [3.63, 3.8) is 0 Å². The number of carbonyl (C=O) groups is 3. The number of nitrogens with one attached hydrogen (secondary N) is 1. The number of hydrogen-bond donors (Lipinski definition) is 1. The summed E-state index contributed by atoms with van der Waals surface area (Å²) in [6.07, 6.45) is -0.788. The zero-order valence-corrected chi connectivity index (χ0v) is 12.5. The van der Waals surface area contributed by atoms with Gasteiger partial charge in [0.05, 0.1) is 7.11 Å². The second-order valence-corrected chi connectivity index (χ2v) is 5.18. The van der Waals surface area contributed by atoms with Crippen molar-refractivity contribution < 1.29 is 23.9 Å². The zero-order chi connectivity index (χ0) is 15.4. The molecule has 0 fully saturated rings. The molecular formula is C12H22N2O5. The first-order chi connectivity index (χ1) is 8.50. The number of ether oxygens (including phenoxy) is 2. The van der Waals surface area contributed by atoms with Crippen LogP contribution in [0, 0.1) is 0 Å². The Labute approximate surface area is 113 Å². The van der Waals surface area contributed by atoms with E-state index in [1.165, 1.54) is 21.0 Å². The number of hydrogen-bond acceptors (Lipinski definition) is 5. The summed E-state index contributed by atoms with van der Waals surface area (Å²) >= 11 is 0. The monoisotopic (exact) mass is 274 g/mol. The predicted octanol–water partition coefficient (Wildman–Crippen LogP) is 0.531. The maximum atomic E-state index is 12.0. The standard InChI is InChI=1S/C12H22N2O5/c1-11(2,3)19-10(17)14(6)12(4,8(15)13-5)9(16)18-7/h1-7H3,(H,13,15). The maximum Gasteiger partial charge on any atom is 0.411 e. The van der Waals surface area contributed by atoms with Gasteiger partial charge in [-0.05, 0) is 27.7 Å². The summed E-state index contributed by atoms with van der Waals surface area (Å²) in [7, 11) is 3.82. The van der Waals surface area contributed by atoms with Crippen LogP contribution in [0.15, 0.2) is 0 Å². The molecule has 0 aromatic heterocycles. The van der Waals surface area contributed by atoms with E-state index in [4.69, 9.17) is 4.74 Å². The average molecular weight is 274 g/mol. The van der Waals surface area contributed by atoms with Gasteiger partial charge in [0, 0.05) is 14.1 Å². The van der Waals surface area contributed by atoms with Gasteiger partial charge >= 0.3 is 12.1 Å². The van der Waals surface area contributed by atoms with E-state index in [1.54, 1.807) is 20.8 Å². The Bertz CT molecular complexity index is 357. The molecule has 0 aliphatic carbocycles. The number of methoxy groups -OCH3 is 1. The van der Waals surface area contributed by atoms with Gasteiger partial charge in [-0.15, -0.1) is 0 Å². The lowest BCUT2D eigenvalue weighted by Crippen LogP contribution is -2.62. The summed E-state index contributed by atoms with van der Waals surface area (Å²) in [5, 5.41) is 2.33. The molecule has 0 rings (SSSR count). The number of carbonyl (C=O) groups excluding carboxylic acids is 3. The number of rotatable bonds is 3. The summed E-state index contributed by atoms with van der Waals surface area (Å²) in [4.78, 5) is 36.6. The summed E-state index contributed by atoms with van der Waals surface area (Å²) < 4.78 is 9.72. The maximum absolute atomic E-state index is 12.0. The van der Waals surface area contributed by atoms with Gasteiger partial charge in [-0.25, -0.2) is 9.59 Å². The van der Waals surface area contributed by atoms with Crippen molar-refractivity contribution in [1.82, 2.24) is 10.2 Å². The number of esters is 1. The van der Waals surface area contributed by atoms with E-state index in [1.807, 2.05) is 0 Å². The van der Waals surface area contributed by atoms with Crippen LogP contribution >= 0.6 is 0 Å². The van der Waals surface area contributed by atoms with Crippen LogP contribution in [0.5, 0.6) is 0 Å². The molecule has 7 heteroatoms. The van der Waals surface area contributed by atoms with E-state index in [2.05, 4.69) is 10.1 Å². The molecule has 0 aliphatic rings. The lowest BCUT2D eigenvalue weighted by molar-refractivity contribution is -0.159. The number of amides is 2. The van der Waals surface area contributed by atoms with Crippen molar-refractivity contribution in [1.29, 1.82) is 0 Å². The Balaban J connectivity index is 5.35. The van der Waals surface area contributed by atoms with Crippen molar-refractivity contribution in [3.05, 3.63) is 0 Å². The summed E-state index contributed by atoms with van der Waals surface area (Å²) in [6.45, 7) is 6.36. The fourth-order valence-electron chi connectivity index (χ4n) is 1.34. The minimum atomic E-state index is -1.79. The molecule has 7 nitrogen and oxygen atoms in total. The first kappa shape index (κ1) is 17.2. The normalized spacial score (nSPS) is 14.1. The zero-order valence-electron chi connectivity index (χ0n) is 12.5. The molecule has 0 aromatic carbocycles. The van der Waals surface area contributed by atoms with Crippen LogP contribution in [0.4, 0.5) is 4.79 Å². The van der Waals surface area contributed by atoms with Gasteiger partial charge in [0.25, 0.3) is 5.91 Å². The highest BCUT2D eigenvalue weighted by molar-refractivity contribution is 6.08. The van der Waals surface area contributed by atoms with E-state index in [0.717, 1.165) is 12.0 Å². The fraction of sp³-hybridized carbons (Fsp3) is 0.750. The molecule has 0 bridgehead atoms. The molecule has 0 heterocycles. The van der Waals surface area contributed by atoms with Crippen molar-refractivity contribution in [2.45, 2.75) is 38.8 Å².